The minimum Gasteiger partial charge on any atom is -0.459 e. The molecule has 0 aliphatic carbocycles. The Labute approximate surface area is 284 Å². The Morgan fingerprint density at radius 3 is 1.96 bits per heavy atom. The first-order valence-electron chi connectivity index (χ1n) is 15.8. The van der Waals surface area contributed by atoms with Crippen molar-refractivity contribution in [1.29, 1.82) is 0 Å². The number of carbonyl (C=O) groups excluding carboxylic acids is 6. The van der Waals surface area contributed by atoms with Crippen molar-refractivity contribution in [2.45, 2.75) is 70.4 Å². The van der Waals surface area contributed by atoms with E-state index in [4.69, 9.17) is 16.2 Å². The first-order chi connectivity index (χ1) is 23.3. The fourth-order valence-corrected chi connectivity index (χ4v) is 4.86. The number of rotatable bonds is 17. The van der Waals surface area contributed by atoms with Gasteiger partial charge < -0.3 is 42.6 Å². The standard InChI is InChI=1S/C35H44N6O8/c1-20(2)30(41-33(46)28(17-29(37)43)39-31(44)26(36)18-42)34(47)40-27(16-23-13-14-24-11-7-8-12-25(24)15-23)32(45)38-21(3)35(48)49-19-22-9-5-4-6-10-22/h4-15,20-21,26-28,30,42H,16-19,36H2,1-3H3,(H2,37,43)(H,38,45)(H,39,44)(H,40,47)(H,41,46)/t21-,26-,27-,28-,30-/m0/s1. The second-order valence-corrected chi connectivity index (χ2v) is 12.0. The van der Waals surface area contributed by atoms with Crippen LogP contribution in [0.15, 0.2) is 72.8 Å². The predicted octanol–water partition coefficient (Wildman–Crippen LogP) is -0.0642. The maximum Gasteiger partial charge on any atom is 0.328 e. The zero-order valence-corrected chi connectivity index (χ0v) is 27.7. The summed E-state index contributed by atoms with van der Waals surface area (Å²) in [6, 6.07) is 15.9. The Kier molecular flexibility index (Phi) is 14.2. The molecule has 0 saturated carbocycles. The zero-order valence-electron chi connectivity index (χ0n) is 27.7. The lowest BCUT2D eigenvalue weighted by molar-refractivity contribution is -0.148. The van der Waals surface area contributed by atoms with Gasteiger partial charge in [0.2, 0.25) is 29.5 Å². The Morgan fingerprint density at radius 2 is 1.33 bits per heavy atom. The van der Waals surface area contributed by atoms with Gasteiger partial charge >= 0.3 is 5.97 Å². The van der Waals surface area contributed by atoms with E-state index in [-0.39, 0.29) is 13.0 Å². The highest BCUT2D eigenvalue weighted by molar-refractivity contribution is 5.97. The van der Waals surface area contributed by atoms with Gasteiger partial charge in [0.1, 0.15) is 36.8 Å². The van der Waals surface area contributed by atoms with Crippen molar-refractivity contribution < 1.29 is 38.6 Å². The predicted molar refractivity (Wildman–Crippen MR) is 181 cm³/mol. The van der Waals surface area contributed by atoms with Gasteiger partial charge in [-0.25, -0.2) is 4.79 Å². The smallest absolute Gasteiger partial charge is 0.328 e. The summed E-state index contributed by atoms with van der Waals surface area (Å²) in [7, 11) is 0. The van der Waals surface area contributed by atoms with Gasteiger partial charge in [0, 0.05) is 6.42 Å². The molecule has 0 fully saturated rings. The van der Waals surface area contributed by atoms with Gasteiger partial charge in [0.15, 0.2) is 0 Å². The molecule has 0 aliphatic rings. The molecule has 3 rings (SSSR count). The number of benzene rings is 3. The molecule has 5 atom stereocenters. The van der Waals surface area contributed by atoms with Crippen LogP contribution in [0.1, 0.15) is 38.3 Å². The van der Waals surface area contributed by atoms with E-state index in [0.29, 0.717) is 5.56 Å². The number of primary amides is 1. The van der Waals surface area contributed by atoms with Crippen LogP contribution in [0, 0.1) is 5.92 Å². The van der Waals surface area contributed by atoms with Crippen molar-refractivity contribution in [3.63, 3.8) is 0 Å². The maximum absolute atomic E-state index is 13.7. The van der Waals surface area contributed by atoms with Crippen molar-refractivity contribution in [3.05, 3.63) is 83.9 Å². The highest BCUT2D eigenvalue weighted by Gasteiger charge is 2.33. The van der Waals surface area contributed by atoms with Gasteiger partial charge in [-0.2, -0.15) is 0 Å². The third kappa shape index (κ3) is 11.7. The summed E-state index contributed by atoms with van der Waals surface area (Å²) in [5.74, 6) is -5.33. The van der Waals surface area contributed by atoms with Gasteiger partial charge in [0.25, 0.3) is 0 Å². The largest absolute Gasteiger partial charge is 0.459 e. The number of nitrogens with one attached hydrogen (secondary N) is 4. The lowest BCUT2D eigenvalue weighted by Crippen LogP contribution is -2.60. The fourth-order valence-electron chi connectivity index (χ4n) is 4.86. The molecule has 0 bridgehead atoms. The molecule has 0 radical (unpaired) electrons. The van der Waals surface area contributed by atoms with E-state index in [1.165, 1.54) is 6.92 Å². The van der Waals surface area contributed by atoms with Crippen LogP contribution in [0.5, 0.6) is 0 Å². The second kappa shape index (κ2) is 18.3. The van der Waals surface area contributed by atoms with E-state index in [1.54, 1.807) is 26.0 Å². The van der Waals surface area contributed by atoms with Gasteiger partial charge in [-0.05, 0) is 34.7 Å². The number of hydrogen-bond acceptors (Lipinski definition) is 9. The Balaban J connectivity index is 1.80. The number of hydrogen-bond donors (Lipinski definition) is 7. The molecule has 3 aromatic rings. The topological polar surface area (TPSA) is 232 Å². The number of nitrogens with two attached hydrogens (primary N) is 2. The molecule has 0 aromatic heterocycles. The number of ether oxygens (including phenoxy) is 1. The van der Waals surface area contributed by atoms with Crippen LogP contribution in [-0.2, 0) is 46.5 Å². The van der Waals surface area contributed by atoms with E-state index in [0.717, 1.165) is 16.3 Å². The van der Waals surface area contributed by atoms with Crippen LogP contribution in [0.4, 0.5) is 0 Å². The molecule has 14 nitrogen and oxygen atoms in total. The zero-order chi connectivity index (χ0) is 36.1. The molecule has 5 amide bonds. The molecule has 0 unspecified atom stereocenters. The third-order valence-electron chi connectivity index (χ3n) is 7.64. The van der Waals surface area contributed by atoms with Crippen molar-refractivity contribution in [2.75, 3.05) is 6.61 Å². The Morgan fingerprint density at radius 1 is 0.714 bits per heavy atom. The number of carbonyl (C=O) groups is 6. The average Bonchev–Trinajstić information content (AvgIpc) is 3.08. The van der Waals surface area contributed by atoms with Gasteiger partial charge in [-0.3, -0.25) is 24.0 Å². The minimum absolute atomic E-state index is 0.00996. The maximum atomic E-state index is 13.7. The molecule has 262 valence electrons. The van der Waals surface area contributed by atoms with Crippen molar-refractivity contribution in [3.8, 4) is 0 Å². The van der Waals surface area contributed by atoms with Crippen LogP contribution in [-0.4, -0.2) is 77.4 Å². The summed E-state index contributed by atoms with van der Waals surface area (Å²) in [5.41, 5.74) is 12.3. The summed E-state index contributed by atoms with van der Waals surface area (Å²) in [5, 5.41) is 21.2. The van der Waals surface area contributed by atoms with Crippen LogP contribution in [0.3, 0.4) is 0 Å². The molecular weight excluding hydrogens is 632 g/mol. The highest BCUT2D eigenvalue weighted by Crippen LogP contribution is 2.17. The number of fused-ring (bicyclic) bond motifs is 1. The average molecular weight is 677 g/mol. The first-order valence-corrected chi connectivity index (χ1v) is 15.8. The molecule has 0 saturated heterocycles. The Bertz CT molecular complexity index is 1630. The SMILES string of the molecule is CC(C)[C@H](NC(=O)[C@H](CC(N)=O)NC(=O)[C@@H](N)CO)C(=O)N[C@@H](Cc1ccc2ccccc2c1)C(=O)N[C@@H](C)C(=O)OCc1ccccc1. The van der Waals surface area contributed by atoms with E-state index in [9.17, 15) is 33.9 Å². The van der Waals surface area contributed by atoms with Crippen molar-refractivity contribution in [1.82, 2.24) is 21.3 Å². The lowest BCUT2D eigenvalue weighted by atomic mass is 9.98. The van der Waals surface area contributed by atoms with Crippen LogP contribution in [0.25, 0.3) is 10.8 Å². The first kappa shape index (κ1) is 38.1. The second-order valence-electron chi connectivity index (χ2n) is 12.0. The quantitative estimate of drug-likeness (QED) is 0.0948. The molecule has 3 aromatic carbocycles. The van der Waals surface area contributed by atoms with Crippen molar-refractivity contribution >= 4 is 46.3 Å². The third-order valence-corrected chi connectivity index (χ3v) is 7.64. The highest BCUT2D eigenvalue weighted by atomic mass is 16.5. The monoisotopic (exact) mass is 676 g/mol. The molecule has 0 aliphatic heterocycles. The molecular formula is C35H44N6O8. The van der Waals surface area contributed by atoms with E-state index < -0.39 is 84.7 Å². The fraction of sp³-hybridized carbons (Fsp3) is 0.371. The van der Waals surface area contributed by atoms with Gasteiger partial charge in [-0.1, -0.05) is 86.6 Å². The van der Waals surface area contributed by atoms with Crippen molar-refractivity contribution in [2.24, 2.45) is 17.4 Å². The minimum atomic E-state index is -1.49. The molecule has 14 heteroatoms. The number of aliphatic hydroxyl groups is 1. The van der Waals surface area contributed by atoms with Crippen LogP contribution >= 0.6 is 0 Å². The number of esters is 1. The van der Waals surface area contributed by atoms with Crippen LogP contribution < -0.4 is 32.7 Å². The van der Waals surface area contributed by atoms with Gasteiger partial charge in [0.05, 0.1) is 13.0 Å². The van der Waals surface area contributed by atoms with E-state index in [1.807, 2.05) is 60.7 Å². The summed E-state index contributed by atoms with van der Waals surface area (Å²) in [6.45, 7) is 4.06. The molecule has 49 heavy (non-hydrogen) atoms. The number of aliphatic hydroxyl groups excluding tert-OH is 1. The normalized spacial score (nSPS) is 14.1. The van der Waals surface area contributed by atoms with E-state index >= 15 is 0 Å². The summed E-state index contributed by atoms with van der Waals surface area (Å²) in [6.07, 6.45) is -0.570. The summed E-state index contributed by atoms with van der Waals surface area (Å²) < 4.78 is 5.36. The van der Waals surface area contributed by atoms with E-state index in [2.05, 4.69) is 21.3 Å². The number of amides is 5. The summed E-state index contributed by atoms with van der Waals surface area (Å²) >= 11 is 0. The van der Waals surface area contributed by atoms with Gasteiger partial charge in [-0.15, -0.1) is 0 Å². The molecule has 9 N–H and O–H groups in total. The van der Waals surface area contributed by atoms with Crippen LogP contribution in [0.2, 0.25) is 0 Å². The lowest BCUT2D eigenvalue weighted by Gasteiger charge is -2.28. The summed E-state index contributed by atoms with van der Waals surface area (Å²) in [4.78, 5) is 77.2. The Hall–Kier alpha value is -5.34. The molecule has 0 heterocycles. The molecule has 0 spiro atoms.